The smallest absolute Gasteiger partial charge is 0.0869 e. The highest BCUT2D eigenvalue weighted by atomic mass is 32.1. The molecule has 0 radical (unpaired) electrons. The van der Waals surface area contributed by atoms with E-state index in [1.165, 1.54) is 42.2 Å². The topological polar surface area (TPSA) is 52.0 Å². The number of nitrogen functional groups attached to an aromatic ring is 2. The van der Waals surface area contributed by atoms with Crippen LogP contribution >= 0.6 is 56.7 Å². The molecule has 0 bridgehead atoms. The maximum Gasteiger partial charge on any atom is 0.0869 e. The molecule has 31 heavy (non-hydrogen) atoms. The molecule has 0 fully saturated rings. The Labute approximate surface area is 200 Å². The molecule has 150 valence electrons. The van der Waals surface area contributed by atoms with Crippen molar-refractivity contribution in [3.05, 3.63) is 80.2 Å². The lowest BCUT2D eigenvalue weighted by molar-refractivity contribution is 1.87. The molecule has 0 aliphatic rings. The molecule has 0 saturated heterocycles. The van der Waals surface area contributed by atoms with Crippen molar-refractivity contribution in [3.8, 4) is 43.2 Å². The first-order valence-electron chi connectivity index (χ1n) is 9.17. The van der Waals surface area contributed by atoms with Crippen molar-refractivity contribution in [2.75, 3.05) is 11.5 Å². The van der Waals surface area contributed by atoms with Gasteiger partial charge in [-0.05, 0) is 84.3 Å². The third-order valence-electron chi connectivity index (χ3n) is 4.18. The minimum atomic E-state index is 0.793. The molecule has 0 unspecified atom stereocenters. The second-order valence-corrected chi connectivity index (χ2v) is 11.9. The van der Waals surface area contributed by atoms with Crippen molar-refractivity contribution < 1.29 is 0 Å². The van der Waals surface area contributed by atoms with E-state index in [-0.39, 0.29) is 0 Å². The maximum absolute atomic E-state index is 5.77. The molecule has 5 heterocycles. The standard InChI is InChI=1S/C24H14N2S5/c25-23-13-7-17(29-23)3-1-15-5-9-19(27-15)21-11-12-22(31-21)20-10-6-16(28-20)2-4-18-8-14-24(26)30-18/h5-14H,25-26H2. The molecule has 0 spiro atoms. The van der Waals surface area contributed by atoms with Crippen LogP contribution in [0.2, 0.25) is 0 Å². The number of rotatable bonds is 2. The summed E-state index contributed by atoms with van der Waals surface area (Å²) in [6, 6.07) is 20.5. The molecule has 0 saturated carbocycles. The van der Waals surface area contributed by atoms with E-state index >= 15 is 0 Å². The summed E-state index contributed by atoms with van der Waals surface area (Å²) < 4.78 is 0. The highest BCUT2D eigenvalue weighted by Crippen LogP contribution is 2.39. The van der Waals surface area contributed by atoms with Crippen molar-refractivity contribution in [3.63, 3.8) is 0 Å². The van der Waals surface area contributed by atoms with E-state index in [1.807, 2.05) is 24.3 Å². The fraction of sp³-hybridized carbons (Fsp3) is 0. The molecule has 0 atom stereocenters. The Morgan fingerprint density at radius 1 is 0.387 bits per heavy atom. The van der Waals surface area contributed by atoms with Crippen LogP contribution in [0, 0.1) is 23.7 Å². The number of thiophene rings is 5. The van der Waals surface area contributed by atoms with E-state index in [0.29, 0.717) is 0 Å². The normalized spacial score (nSPS) is 10.3. The molecular weight excluding hydrogens is 477 g/mol. The molecule has 2 nitrogen and oxygen atoms in total. The third kappa shape index (κ3) is 4.77. The Morgan fingerprint density at radius 2 is 0.710 bits per heavy atom. The number of anilines is 2. The quantitative estimate of drug-likeness (QED) is 0.255. The van der Waals surface area contributed by atoms with Gasteiger partial charge in [-0.2, -0.15) is 0 Å². The Kier molecular flexibility index (Phi) is 5.69. The fourth-order valence-electron chi connectivity index (χ4n) is 2.76. The molecule has 0 aromatic carbocycles. The summed E-state index contributed by atoms with van der Waals surface area (Å²) in [5, 5.41) is 1.59. The van der Waals surface area contributed by atoms with E-state index in [4.69, 9.17) is 11.5 Å². The van der Waals surface area contributed by atoms with Crippen LogP contribution in [0.3, 0.4) is 0 Å². The Bertz CT molecular complexity index is 1370. The van der Waals surface area contributed by atoms with E-state index < -0.39 is 0 Å². The summed E-state index contributed by atoms with van der Waals surface area (Å²) in [5.41, 5.74) is 11.5. The first-order valence-corrected chi connectivity index (χ1v) is 13.3. The van der Waals surface area contributed by atoms with Gasteiger partial charge in [-0.15, -0.1) is 56.7 Å². The molecule has 5 aromatic heterocycles. The van der Waals surface area contributed by atoms with Crippen LogP contribution in [-0.4, -0.2) is 0 Å². The van der Waals surface area contributed by atoms with Crippen LogP contribution in [0.5, 0.6) is 0 Å². The highest BCUT2D eigenvalue weighted by Gasteiger charge is 2.09. The second kappa shape index (κ2) is 8.76. The van der Waals surface area contributed by atoms with Crippen LogP contribution in [-0.2, 0) is 0 Å². The van der Waals surface area contributed by atoms with Crippen molar-refractivity contribution in [2.24, 2.45) is 0 Å². The van der Waals surface area contributed by atoms with Gasteiger partial charge in [0.25, 0.3) is 0 Å². The van der Waals surface area contributed by atoms with Gasteiger partial charge in [0.15, 0.2) is 0 Å². The summed E-state index contributed by atoms with van der Waals surface area (Å²) in [6.07, 6.45) is 0. The van der Waals surface area contributed by atoms with Gasteiger partial charge < -0.3 is 11.5 Å². The minimum absolute atomic E-state index is 0.793. The van der Waals surface area contributed by atoms with Crippen molar-refractivity contribution in [1.29, 1.82) is 0 Å². The Morgan fingerprint density at radius 3 is 1.10 bits per heavy atom. The van der Waals surface area contributed by atoms with E-state index in [2.05, 4.69) is 60.1 Å². The summed E-state index contributed by atoms with van der Waals surface area (Å²) in [4.78, 5) is 9.07. The average molecular weight is 491 g/mol. The summed E-state index contributed by atoms with van der Waals surface area (Å²) in [6.45, 7) is 0. The van der Waals surface area contributed by atoms with Crippen LogP contribution in [0.15, 0.2) is 60.7 Å². The van der Waals surface area contributed by atoms with Crippen molar-refractivity contribution in [2.45, 2.75) is 0 Å². The van der Waals surface area contributed by atoms with Crippen LogP contribution < -0.4 is 11.5 Å². The lowest BCUT2D eigenvalue weighted by atomic mass is 10.3. The molecule has 0 aliphatic heterocycles. The summed E-state index contributed by atoms with van der Waals surface area (Å²) in [5.74, 6) is 12.9. The Balaban J connectivity index is 1.32. The van der Waals surface area contributed by atoms with E-state index in [0.717, 1.165) is 29.5 Å². The van der Waals surface area contributed by atoms with E-state index in [1.54, 1.807) is 34.0 Å². The zero-order valence-corrected chi connectivity index (χ0v) is 20.1. The first-order chi connectivity index (χ1) is 15.1. The van der Waals surface area contributed by atoms with Gasteiger partial charge in [-0.3, -0.25) is 0 Å². The van der Waals surface area contributed by atoms with Crippen LogP contribution in [0.1, 0.15) is 19.5 Å². The molecule has 0 aliphatic carbocycles. The zero-order chi connectivity index (χ0) is 21.2. The molecule has 5 rings (SSSR count). The molecule has 0 amide bonds. The average Bonchev–Trinajstić information content (AvgIpc) is 3.55. The van der Waals surface area contributed by atoms with Crippen LogP contribution in [0.25, 0.3) is 19.5 Å². The van der Waals surface area contributed by atoms with Crippen LogP contribution in [0.4, 0.5) is 10.0 Å². The van der Waals surface area contributed by atoms with E-state index in [9.17, 15) is 0 Å². The highest BCUT2D eigenvalue weighted by molar-refractivity contribution is 7.26. The maximum atomic E-state index is 5.77. The van der Waals surface area contributed by atoms with Gasteiger partial charge in [0, 0.05) is 19.5 Å². The fourth-order valence-corrected chi connectivity index (χ4v) is 6.93. The van der Waals surface area contributed by atoms with Crippen molar-refractivity contribution in [1.82, 2.24) is 0 Å². The predicted octanol–water partition coefficient (Wildman–Crippen LogP) is 7.29. The zero-order valence-electron chi connectivity index (χ0n) is 16.0. The number of hydrogen-bond acceptors (Lipinski definition) is 7. The largest absolute Gasteiger partial charge is 0.391 e. The van der Waals surface area contributed by atoms with Gasteiger partial charge in [0.05, 0.1) is 29.5 Å². The predicted molar refractivity (Wildman–Crippen MR) is 140 cm³/mol. The SMILES string of the molecule is Nc1ccc(C#Cc2ccc(-c3ccc(-c4ccc(C#Cc5ccc(N)s5)s4)s3)s2)s1. The monoisotopic (exact) mass is 490 g/mol. The number of hydrogen-bond donors (Lipinski definition) is 2. The summed E-state index contributed by atoms with van der Waals surface area (Å²) in [7, 11) is 0. The molecule has 5 aromatic rings. The van der Waals surface area contributed by atoms with Gasteiger partial charge in [-0.25, -0.2) is 0 Å². The van der Waals surface area contributed by atoms with Gasteiger partial charge >= 0.3 is 0 Å². The summed E-state index contributed by atoms with van der Waals surface area (Å²) >= 11 is 8.26. The lowest BCUT2D eigenvalue weighted by Gasteiger charge is -1.90. The van der Waals surface area contributed by atoms with Gasteiger partial charge in [0.2, 0.25) is 0 Å². The number of nitrogens with two attached hydrogens (primary N) is 2. The first kappa shape index (κ1) is 20.1. The lowest BCUT2D eigenvalue weighted by Crippen LogP contribution is -1.72. The second-order valence-electron chi connectivity index (χ2n) is 6.40. The van der Waals surface area contributed by atoms with Gasteiger partial charge in [0.1, 0.15) is 0 Å². The molecular formula is C24H14N2S5. The minimum Gasteiger partial charge on any atom is -0.391 e. The van der Waals surface area contributed by atoms with Gasteiger partial charge in [-0.1, -0.05) is 0 Å². The third-order valence-corrected chi connectivity index (χ3v) is 9.31. The van der Waals surface area contributed by atoms with Crippen molar-refractivity contribution >= 4 is 66.7 Å². The molecule has 7 heteroatoms. The molecule has 4 N–H and O–H groups in total. The Hall–Kier alpha value is -2.78.